The standard InChI is InChI=1S/C11H18O2/c1-9(2)7-11(12)8-10-3-5-13-6-4-10/h7,10H,3-6,8H2,1-2H3. The number of hydrogen-bond acceptors (Lipinski definition) is 2. The van der Waals surface area contributed by atoms with E-state index in [-0.39, 0.29) is 5.78 Å². The maximum absolute atomic E-state index is 11.4. The summed E-state index contributed by atoms with van der Waals surface area (Å²) in [4.78, 5) is 11.4. The third-order valence-electron chi connectivity index (χ3n) is 2.28. The van der Waals surface area contributed by atoms with Crippen molar-refractivity contribution in [2.75, 3.05) is 13.2 Å². The molecule has 1 rings (SSSR count). The minimum absolute atomic E-state index is 0.270. The van der Waals surface area contributed by atoms with Crippen molar-refractivity contribution in [2.24, 2.45) is 5.92 Å². The number of allylic oxidation sites excluding steroid dienone is 2. The Labute approximate surface area is 80.0 Å². The molecular weight excluding hydrogens is 164 g/mol. The van der Waals surface area contributed by atoms with Gasteiger partial charge >= 0.3 is 0 Å². The largest absolute Gasteiger partial charge is 0.381 e. The molecule has 0 aromatic heterocycles. The van der Waals surface area contributed by atoms with Crippen molar-refractivity contribution in [3.63, 3.8) is 0 Å². The topological polar surface area (TPSA) is 26.3 Å². The average molecular weight is 182 g/mol. The summed E-state index contributed by atoms with van der Waals surface area (Å²) in [7, 11) is 0. The summed E-state index contributed by atoms with van der Waals surface area (Å²) >= 11 is 0. The molecule has 1 heterocycles. The van der Waals surface area contributed by atoms with Crippen molar-refractivity contribution in [3.8, 4) is 0 Å². The van der Waals surface area contributed by atoms with Crippen LogP contribution in [0.2, 0.25) is 0 Å². The molecule has 2 heteroatoms. The van der Waals surface area contributed by atoms with E-state index in [0.29, 0.717) is 12.3 Å². The molecule has 1 saturated heterocycles. The minimum Gasteiger partial charge on any atom is -0.381 e. The van der Waals surface area contributed by atoms with E-state index >= 15 is 0 Å². The number of ketones is 1. The van der Waals surface area contributed by atoms with Crippen LogP contribution in [0.25, 0.3) is 0 Å². The third-order valence-corrected chi connectivity index (χ3v) is 2.28. The Morgan fingerprint density at radius 2 is 2.00 bits per heavy atom. The van der Waals surface area contributed by atoms with Gasteiger partial charge in [-0.05, 0) is 38.7 Å². The fourth-order valence-corrected chi connectivity index (χ4v) is 1.62. The Balaban J connectivity index is 2.30. The van der Waals surface area contributed by atoms with Gasteiger partial charge in [-0.15, -0.1) is 0 Å². The molecule has 0 atom stereocenters. The van der Waals surface area contributed by atoms with Gasteiger partial charge in [0.2, 0.25) is 0 Å². The molecule has 0 amide bonds. The monoisotopic (exact) mass is 182 g/mol. The number of rotatable bonds is 3. The summed E-state index contributed by atoms with van der Waals surface area (Å²) in [6, 6.07) is 0. The Morgan fingerprint density at radius 1 is 1.38 bits per heavy atom. The molecule has 0 radical (unpaired) electrons. The molecule has 0 aromatic carbocycles. The van der Waals surface area contributed by atoms with Gasteiger partial charge < -0.3 is 4.74 Å². The number of ether oxygens (including phenoxy) is 1. The molecule has 0 bridgehead atoms. The van der Waals surface area contributed by atoms with Crippen molar-refractivity contribution in [2.45, 2.75) is 33.1 Å². The fourth-order valence-electron chi connectivity index (χ4n) is 1.62. The van der Waals surface area contributed by atoms with Gasteiger partial charge in [0.25, 0.3) is 0 Å². The lowest BCUT2D eigenvalue weighted by Crippen LogP contribution is -2.18. The van der Waals surface area contributed by atoms with Crippen LogP contribution >= 0.6 is 0 Å². The van der Waals surface area contributed by atoms with E-state index in [1.54, 1.807) is 6.08 Å². The van der Waals surface area contributed by atoms with Crippen LogP contribution in [0.15, 0.2) is 11.6 Å². The quantitative estimate of drug-likeness (QED) is 0.626. The fraction of sp³-hybridized carbons (Fsp3) is 0.727. The second-order valence-electron chi connectivity index (χ2n) is 3.95. The molecule has 74 valence electrons. The van der Waals surface area contributed by atoms with Crippen molar-refractivity contribution in [1.82, 2.24) is 0 Å². The summed E-state index contributed by atoms with van der Waals surface area (Å²) in [5.41, 5.74) is 1.09. The summed E-state index contributed by atoms with van der Waals surface area (Å²) < 4.78 is 5.24. The summed E-state index contributed by atoms with van der Waals surface area (Å²) in [5.74, 6) is 0.823. The molecule has 0 unspecified atom stereocenters. The predicted octanol–water partition coefficient (Wildman–Crippen LogP) is 2.34. The summed E-state index contributed by atoms with van der Waals surface area (Å²) in [6.45, 7) is 5.57. The number of carbonyl (C=O) groups excluding carboxylic acids is 1. The first-order valence-corrected chi connectivity index (χ1v) is 4.94. The van der Waals surface area contributed by atoms with Crippen molar-refractivity contribution in [1.29, 1.82) is 0 Å². The van der Waals surface area contributed by atoms with E-state index in [1.165, 1.54) is 0 Å². The number of hydrogen-bond donors (Lipinski definition) is 0. The Bertz CT molecular complexity index is 196. The highest BCUT2D eigenvalue weighted by Gasteiger charge is 2.15. The van der Waals surface area contributed by atoms with Crippen LogP contribution in [0, 0.1) is 5.92 Å². The van der Waals surface area contributed by atoms with Crippen molar-refractivity contribution < 1.29 is 9.53 Å². The molecule has 13 heavy (non-hydrogen) atoms. The molecule has 1 aliphatic rings. The minimum atomic E-state index is 0.270. The highest BCUT2D eigenvalue weighted by molar-refractivity contribution is 5.90. The highest BCUT2D eigenvalue weighted by atomic mass is 16.5. The van der Waals surface area contributed by atoms with Gasteiger partial charge in [-0.2, -0.15) is 0 Å². The lowest BCUT2D eigenvalue weighted by molar-refractivity contribution is -0.116. The zero-order valence-corrected chi connectivity index (χ0v) is 8.51. The van der Waals surface area contributed by atoms with Gasteiger partial charge in [0.05, 0.1) is 0 Å². The normalized spacial score (nSPS) is 18.3. The van der Waals surface area contributed by atoms with Gasteiger partial charge in [-0.1, -0.05) is 5.57 Å². The summed E-state index contributed by atoms with van der Waals surface area (Å²) in [6.07, 6.45) is 4.54. The molecule has 0 spiro atoms. The van der Waals surface area contributed by atoms with E-state index < -0.39 is 0 Å². The van der Waals surface area contributed by atoms with Crippen molar-refractivity contribution in [3.05, 3.63) is 11.6 Å². The van der Waals surface area contributed by atoms with E-state index in [1.807, 2.05) is 13.8 Å². The van der Waals surface area contributed by atoms with Crippen LogP contribution < -0.4 is 0 Å². The molecule has 0 N–H and O–H groups in total. The maximum Gasteiger partial charge on any atom is 0.155 e. The Kier molecular flexibility index (Phi) is 4.16. The third kappa shape index (κ3) is 4.23. The Hall–Kier alpha value is -0.630. The van der Waals surface area contributed by atoms with E-state index in [0.717, 1.165) is 31.6 Å². The first kappa shape index (κ1) is 10.5. The zero-order valence-electron chi connectivity index (χ0n) is 8.51. The van der Waals surface area contributed by atoms with Crippen LogP contribution in [0.1, 0.15) is 33.1 Å². The van der Waals surface area contributed by atoms with Gasteiger partial charge in [0.15, 0.2) is 5.78 Å². The first-order valence-electron chi connectivity index (χ1n) is 4.94. The van der Waals surface area contributed by atoms with Gasteiger partial charge in [0, 0.05) is 19.6 Å². The predicted molar refractivity (Wildman–Crippen MR) is 52.6 cm³/mol. The lowest BCUT2D eigenvalue weighted by atomic mass is 9.94. The first-order chi connectivity index (χ1) is 6.18. The lowest BCUT2D eigenvalue weighted by Gasteiger charge is -2.20. The van der Waals surface area contributed by atoms with Crippen LogP contribution in [-0.4, -0.2) is 19.0 Å². The molecule has 1 aliphatic heterocycles. The zero-order chi connectivity index (χ0) is 9.68. The SMILES string of the molecule is CC(C)=CC(=O)CC1CCOCC1. The second-order valence-corrected chi connectivity index (χ2v) is 3.95. The molecule has 0 saturated carbocycles. The molecule has 1 fully saturated rings. The van der Waals surface area contributed by atoms with Crippen LogP contribution in [0.3, 0.4) is 0 Å². The van der Waals surface area contributed by atoms with Gasteiger partial charge in [0.1, 0.15) is 0 Å². The second kappa shape index (κ2) is 5.18. The maximum atomic E-state index is 11.4. The molecule has 2 nitrogen and oxygen atoms in total. The molecule has 0 aliphatic carbocycles. The number of carbonyl (C=O) groups is 1. The van der Waals surface area contributed by atoms with E-state index in [2.05, 4.69) is 0 Å². The van der Waals surface area contributed by atoms with Crippen LogP contribution in [0.5, 0.6) is 0 Å². The smallest absolute Gasteiger partial charge is 0.155 e. The highest BCUT2D eigenvalue weighted by Crippen LogP contribution is 2.18. The van der Waals surface area contributed by atoms with E-state index in [9.17, 15) is 4.79 Å². The van der Waals surface area contributed by atoms with E-state index in [4.69, 9.17) is 4.74 Å². The average Bonchev–Trinajstić information content (AvgIpc) is 2.04. The molecule has 0 aromatic rings. The molecular formula is C11H18O2. The van der Waals surface area contributed by atoms with Crippen molar-refractivity contribution >= 4 is 5.78 Å². The van der Waals surface area contributed by atoms with Crippen LogP contribution in [-0.2, 0) is 9.53 Å². The summed E-state index contributed by atoms with van der Waals surface area (Å²) in [5, 5.41) is 0. The van der Waals surface area contributed by atoms with Crippen LogP contribution in [0.4, 0.5) is 0 Å². The van der Waals surface area contributed by atoms with Gasteiger partial charge in [-0.3, -0.25) is 4.79 Å². The van der Waals surface area contributed by atoms with Gasteiger partial charge in [-0.25, -0.2) is 0 Å². The Morgan fingerprint density at radius 3 is 2.54 bits per heavy atom.